The molecule has 3 aromatic rings. The van der Waals surface area contributed by atoms with Gasteiger partial charge < -0.3 is 4.98 Å². The maximum absolute atomic E-state index is 11.9. The number of aromatic amines is 1. The van der Waals surface area contributed by atoms with Crippen LogP contribution >= 0.6 is 15.9 Å². The summed E-state index contributed by atoms with van der Waals surface area (Å²) in [6, 6.07) is 9.28. The number of fused-ring (bicyclic) bond motifs is 1. The van der Waals surface area contributed by atoms with E-state index >= 15 is 0 Å². The summed E-state index contributed by atoms with van der Waals surface area (Å²) in [5.41, 5.74) is 2.31. The summed E-state index contributed by atoms with van der Waals surface area (Å²) in [6.07, 6.45) is 3.33. The molecule has 3 rings (SSSR count). The van der Waals surface area contributed by atoms with Crippen LogP contribution in [-0.2, 0) is 0 Å². The molecular formula is C12H8BrN3O. The van der Waals surface area contributed by atoms with Crippen LogP contribution in [0.4, 0.5) is 0 Å². The third kappa shape index (κ3) is 1.68. The topological polar surface area (TPSA) is 50.7 Å². The molecule has 5 heteroatoms. The standard InChI is InChI=1S/C12H8BrN3O/c13-8-1-2-10-11(7-8)16(12(17)15-10)9-3-5-14-6-4-9/h1-7H,(H,15,17). The highest BCUT2D eigenvalue weighted by molar-refractivity contribution is 9.10. The van der Waals surface area contributed by atoms with E-state index in [9.17, 15) is 4.79 Å². The van der Waals surface area contributed by atoms with Gasteiger partial charge in [-0.15, -0.1) is 0 Å². The lowest BCUT2D eigenvalue weighted by Gasteiger charge is -2.02. The van der Waals surface area contributed by atoms with Crippen molar-refractivity contribution in [1.82, 2.24) is 14.5 Å². The summed E-state index contributed by atoms with van der Waals surface area (Å²) >= 11 is 3.41. The number of aromatic nitrogens is 3. The average molecular weight is 290 g/mol. The van der Waals surface area contributed by atoms with Gasteiger partial charge in [0.05, 0.1) is 16.7 Å². The molecule has 0 spiro atoms. The molecule has 84 valence electrons. The zero-order valence-corrected chi connectivity index (χ0v) is 10.3. The molecule has 0 amide bonds. The number of benzene rings is 1. The van der Waals surface area contributed by atoms with E-state index in [1.54, 1.807) is 29.1 Å². The fourth-order valence-electron chi connectivity index (χ4n) is 1.83. The minimum absolute atomic E-state index is 0.149. The van der Waals surface area contributed by atoms with Crippen LogP contribution in [0, 0.1) is 0 Å². The highest BCUT2D eigenvalue weighted by atomic mass is 79.9. The van der Waals surface area contributed by atoms with Crippen LogP contribution in [0.3, 0.4) is 0 Å². The van der Waals surface area contributed by atoms with Crippen molar-refractivity contribution in [1.29, 1.82) is 0 Å². The summed E-state index contributed by atoms with van der Waals surface area (Å²) in [5.74, 6) is 0. The second-order valence-electron chi connectivity index (χ2n) is 3.63. The highest BCUT2D eigenvalue weighted by Gasteiger charge is 2.08. The number of halogens is 1. The normalized spacial score (nSPS) is 10.9. The lowest BCUT2D eigenvalue weighted by molar-refractivity contribution is 1.01. The minimum Gasteiger partial charge on any atom is -0.305 e. The lowest BCUT2D eigenvalue weighted by Crippen LogP contribution is -2.14. The third-order valence-corrected chi connectivity index (χ3v) is 3.06. The first-order valence-corrected chi connectivity index (χ1v) is 5.86. The van der Waals surface area contributed by atoms with E-state index < -0.39 is 0 Å². The Kier molecular flexibility index (Phi) is 2.33. The second kappa shape index (κ2) is 3.85. The molecule has 0 fully saturated rings. The molecule has 0 unspecified atom stereocenters. The Morgan fingerprint density at radius 1 is 1.18 bits per heavy atom. The van der Waals surface area contributed by atoms with E-state index in [-0.39, 0.29) is 5.69 Å². The van der Waals surface area contributed by atoms with Crippen molar-refractivity contribution in [3.63, 3.8) is 0 Å². The Morgan fingerprint density at radius 3 is 2.71 bits per heavy atom. The molecule has 0 aliphatic carbocycles. The van der Waals surface area contributed by atoms with Gasteiger partial charge in [-0.05, 0) is 30.3 Å². The molecule has 2 heterocycles. The van der Waals surface area contributed by atoms with Gasteiger partial charge in [0, 0.05) is 16.9 Å². The van der Waals surface area contributed by atoms with Crippen LogP contribution in [0.5, 0.6) is 0 Å². The number of hydrogen-bond donors (Lipinski definition) is 1. The van der Waals surface area contributed by atoms with E-state index in [1.165, 1.54) is 0 Å². The van der Waals surface area contributed by atoms with Crippen LogP contribution in [0.2, 0.25) is 0 Å². The molecule has 0 aliphatic heterocycles. The zero-order chi connectivity index (χ0) is 11.8. The monoisotopic (exact) mass is 289 g/mol. The largest absolute Gasteiger partial charge is 0.331 e. The van der Waals surface area contributed by atoms with Gasteiger partial charge in [0.15, 0.2) is 0 Å². The minimum atomic E-state index is -0.149. The van der Waals surface area contributed by atoms with E-state index in [1.807, 2.05) is 18.2 Å². The Balaban J connectivity index is 2.40. The van der Waals surface area contributed by atoms with Gasteiger partial charge in [-0.1, -0.05) is 15.9 Å². The van der Waals surface area contributed by atoms with Gasteiger partial charge in [0.1, 0.15) is 0 Å². The Bertz CT molecular complexity index is 730. The molecule has 1 N–H and O–H groups in total. The predicted molar refractivity (Wildman–Crippen MR) is 69.4 cm³/mol. The molecule has 0 atom stereocenters. The van der Waals surface area contributed by atoms with Gasteiger partial charge in [0.25, 0.3) is 0 Å². The molecule has 0 saturated heterocycles. The fraction of sp³-hybridized carbons (Fsp3) is 0. The molecule has 17 heavy (non-hydrogen) atoms. The van der Waals surface area contributed by atoms with Gasteiger partial charge in [0.2, 0.25) is 0 Å². The van der Waals surface area contributed by atoms with Crippen molar-refractivity contribution in [2.24, 2.45) is 0 Å². The first-order chi connectivity index (χ1) is 8.25. The first kappa shape index (κ1) is 10.3. The van der Waals surface area contributed by atoms with E-state index in [0.717, 1.165) is 21.2 Å². The molecule has 0 radical (unpaired) electrons. The molecule has 0 bridgehead atoms. The first-order valence-electron chi connectivity index (χ1n) is 5.06. The second-order valence-corrected chi connectivity index (χ2v) is 4.55. The number of nitrogens with zero attached hydrogens (tertiary/aromatic N) is 2. The maximum Gasteiger partial charge on any atom is 0.331 e. The van der Waals surface area contributed by atoms with E-state index in [4.69, 9.17) is 0 Å². The van der Waals surface area contributed by atoms with Crippen LogP contribution in [0.25, 0.3) is 16.7 Å². The molecular weight excluding hydrogens is 282 g/mol. The predicted octanol–water partition coefficient (Wildman–Crippen LogP) is 2.48. The van der Waals surface area contributed by atoms with Crippen molar-refractivity contribution in [3.05, 3.63) is 57.7 Å². The van der Waals surface area contributed by atoms with Crippen molar-refractivity contribution in [3.8, 4) is 5.69 Å². The average Bonchev–Trinajstić information content (AvgIpc) is 2.65. The highest BCUT2D eigenvalue weighted by Crippen LogP contribution is 2.19. The van der Waals surface area contributed by atoms with Crippen LogP contribution in [-0.4, -0.2) is 14.5 Å². The molecule has 1 aromatic carbocycles. The number of pyridine rings is 1. The Morgan fingerprint density at radius 2 is 1.94 bits per heavy atom. The summed E-state index contributed by atoms with van der Waals surface area (Å²) in [5, 5.41) is 0. The Hall–Kier alpha value is -1.88. The van der Waals surface area contributed by atoms with Gasteiger partial charge in [-0.2, -0.15) is 0 Å². The number of rotatable bonds is 1. The number of imidazole rings is 1. The lowest BCUT2D eigenvalue weighted by atomic mass is 10.3. The van der Waals surface area contributed by atoms with Crippen molar-refractivity contribution >= 4 is 27.0 Å². The number of H-pyrrole nitrogens is 1. The van der Waals surface area contributed by atoms with Crippen molar-refractivity contribution in [2.75, 3.05) is 0 Å². The SMILES string of the molecule is O=c1[nH]c2ccc(Br)cc2n1-c1ccncc1. The Labute approximate surface area is 105 Å². The number of hydrogen-bond acceptors (Lipinski definition) is 2. The molecule has 4 nitrogen and oxygen atoms in total. The molecule has 0 aliphatic rings. The quantitative estimate of drug-likeness (QED) is 0.748. The maximum atomic E-state index is 11.9. The van der Waals surface area contributed by atoms with Crippen LogP contribution in [0.15, 0.2) is 52.0 Å². The summed E-state index contributed by atoms with van der Waals surface area (Å²) in [6.45, 7) is 0. The number of nitrogens with one attached hydrogen (secondary N) is 1. The van der Waals surface area contributed by atoms with Crippen LogP contribution < -0.4 is 5.69 Å². The van der Waals surface area contributed by atoms with Gasteiger partial charge >= 0.3 is 5.69 Å². The van der Waals surface area contributed by atoms with Crippen molar-refractivity contribution < 1.29 is 0 Å². The van der Waals surface area contributed by atoms with Crippen molar-refractivity contribution in [2.45, 2.75) is 0 Å². The zero-order valence-electron chi connectivity index (χ0n) is 8.72. The van der Waals surface area contributed by atoms with E-state index in [0.29, 0.717) is 0 Å². The molecule has 0 saturated carbocycles. The molecule has 2 aromatic heterocycles. The van der Waals surface area contributed by atoms with Gasteiger partial charge in [-0.25, -0.2) is 4.79 Å². The summed E-state index contributed by atoms with van der Waals surface area (Å²) in [7, 11) is 0. The third-order valence-electron chi connectivity index (χ3n) is 2.57. The van der Waals surface area contributed by atoms with E-state index in [2.05, 4.69) is 25.9 Å². The van der Waals surface area contributed by atoms with Crippen LogP contribution in [0.1, 0.15) is 0 Å². The summed E-state index contributed by atoms with van der Waals surface area (Å²) < 4.78 is 2.56. The van der Waals surface area contributed by atoms with Gasteiger partial charge in [-0.3, -0.25) is 9.55 Å². The fourth-order valence-corrected chi connectivity index (χ4v) is 2.17. The smallest absolute Gasteiger partial charge is 0.305 e. The summed E-state index contributed by atoms with van der Waals surface area (Å²) in [4.78, 5) is 18.7.